The number of hydrogen-bond acceptors (Lipinski definition) is 7. The zero-order valence-electron chi connectivity index (χ0n) is 21.7. The number of anilines is 1. The fourth-order valence-corrected chi connectivity index (χ4v) is 4.80. The first-order valence-corrected chi connectivity index (χ1v) is 13.1. The van der Waals surface area contributed by atoms with Gasteiger partial charge in [-0.25, -0.2) is 13.4 Å². The quantitative estimate of drug-likeness (QED) is 0.266. The molecule has 12 heteroatoms. The number of carbonyl (C=O) groups excluding carboxylic acids is 2. The molecule has 3 aromatic rings. The van der Waals surface area contributed by atoms with Crippen molar-refractivity contribution >= 4 is 40.1 Å². The summed E-state index contributed by atoms with van der Waals surface area (Å²) >= 11 is 0. The van der Waals surface area contributed by atoms with E-state index in [1.165, 1.54) is 37.4 Å². The molecule has 0 aliphatic rings. The van der Waals surface area contributed by atoms with E-state index in [0.717, 1.165) is 5.01 Å². The van der Waals surface area contributed by atoms with E-state index < -0.39 is 34.5 Å². The van der Waals surface area contributed by atoms with E-state index in [4.69, 9.17) is 4.74 Å². The maximum absolute atomic E-state index is 13.6. The van der Waals surface area contributed by atoms with Gasteiger partial charge < -0.3 is 14.8 Å². The number of sulfonamides is 1. The molecule has 4 N–H and O–H groups in total. The Balaban J connectivity index is 1.99. The number of amides is 2. The topological polar surface area (TPSA) is 145 Å². The highest BCUT2D eigenvalue weighted by Gasteiger charge is 2.31. The van der Waals surface area contributed by atoms with Crippen molar-refractivity contribution in [2.75, 3.05) is 11.8 Å². The summed E-state index contributed by atoms with van der Waals surface area (Å²) in [5.74, 6) is -0.678. The van der Waals surface area contributed by atoms with Gasteiger partial charge in [0, 0.05) is 27.8 Å². The number of nitrogens with one attached hydrogen (secondary N) is 2. The molecule has 10 nitrogen and oxygen atoms in total. The molecule has 3 rings (SSSR count). The van der Waals surface area contributed by atoms with Gasteiger partial charge in [-0.15, -0.1) is 0 Å². The molecule has 0 aliphatic carbocycles. The van der Waals surface area contributed by atoms with Crippen LogP contribution >= 0.6 is 0 Å². The van der Waals surface area contributed by atoms with E-state index >= 15 is 0 Å². The van der Waals surface area contributed by atoms with Crippen molar-refractivity contribution in [1.29, 1.82) is 0 Å². The van der Waals surface area contributed by atoms with Gasteiger partial charge in [0.2, 0.25) is 0 Å². The zero-order chi connectivity index (χ0) is 28.3. The first-order chi connectivity index (χ1) is 17.8. The molecule has 0 bridgehead atoms. The molecule has 2 amide bonds. The molecule has 0 heterocycles. The lowest BCUT2D eigenvalue weighted by molar-refractivity contribution is 0.0358. The predicted octanol–water partition coefficient (Wildman–Crippen LogP) is 2.07. The average molecular weight is 539 g/mol. The summed E-state index contributed by atoms with van der Waals surface area (Å²) in [6.07, 6.45) is 0. The molecule has 0 fully saturated rings. The second kappa shape index (κ2) is 11.3. The van der Waals surface area contributed by atoms with E-state index in [2.05, 4.69) is 10.1 Å². The van der Waals surface area contributed by atoms with Gasteiger partial charge in [-0.2, -0.15) is 0 Å². The fraction of sp³-hybridized carbons (Fsp3) is 0.231. The van der Waals surface area contributed by atoms with Crippen LogP contribution in [0.2, 0.25) is 0 Å². The minimum Gasteiger partial charge on any atom is -0.496 e. The van der Waals surface area contributed by atoms with Gasteiger partial charge in [0.25, 0.3) is 21.8 Å². The van der Waals surface area contributed by atoms with Crippen molar-refractivity contribution < 1.29 is 32.8 Å². The van der Waals surface area contributed by atoms with Gasteiger partial charge in [0.15, 0.2) is 0 Å². The highest BCUT2D eigenvalue weighted by atomic mass is 32.2. The van der Waals surface area contributed by atoms with E-state index in [9.17, 15) is 28.1 Å². The lowest BCUT2D eigenvalue weighted by Gasteiger charge is -2.35. The fourth-order valence-electron chi connectivity index (χ4n) is 3.70. The van der Waals surface area contributed by atoms with Crippen LogP contribution in [0.5, 0.6) is 5.75 Å². The molecule has 38 heavy (non-hydrogen) atoms. The molecule has 0 saturated heterocycles. The Hall–Kier alpha value is -3.87. The monoisotopic (exact) mass is 539 g/mol. The number of nitrogens with zero attached hydrogens (tertiary/aromatic N) is 1. The highest BCUT2D eigenvalue weighted by Crippen LogP contribution is 2.23. The number of hydrazine groups is 1. The molecule has 0 unspecified atom stereocenters. The Morgan fingerprint density at radius 3 is 2.21 bits per heavy atom. The van der Waals surface area contributed by atoms with Gasteiger partial charge >= 0.3 is 7.12 Å². The molecule has 0 radical (unpaired) electrons. The van der Waals surface area contributed by atoms with Crippen molar-refractivity contribution in [1.82, 2.24) is 10.4 Å². The molecule has 200 valence electrons. The summed E-state index contributed by atoms with van der Waals surface area (Å²) in [6.45, 7) is 6.87. The zero-order valence-corrected chi connectivity index (χ0v) is 22.5. The molecule has 3 aromatic carbocycles. The summed E-state index contributed by atoms with van der Waals surface area (Å²) in [5.41, 5.74) is 2.30. The predicted molar refractivity (Wildman–Crippen MR) is 145 cm³/mol. The van der Waals surface area contributed by atoms with E-state index in [1.807, 2.05) is 0 Å². The Labute approximate surface area is 222 Å². The minimum absolute atomic E-state index is 0.00208. The van der Waals surface area contributed by atoms with Gasteiger partial charge in [0.1, 0.15) is 5.75 Å². The third-order valence-electron chi connectivity index (χ3n) is 5.71. The number of hydrogen-bond donors (Lipinski definition) is 4. The number of rotatable bonds is 7. The maximum atomic E-state index is 13.6. The largest absolute Gasteiger partial charge is 0.496 e. The molecule has 0 saturated carbocycles. The molecular formula is C26H30BN3O7S. The van der Waals surface area contributed by atoms with Crippen LogP contribution in [-0.2, 0) is 10.0 Å². The summed E-state index contributed by atoms with van der Waals surface area (Å²) in [7, 11) is -4.63. The van der Waals surface area contributed by atoms with E-state index in [0.29, 0.717) is 16.9 Å². The Kier molecular flexibility index (Phi) is 8.50. The average Bonchev–Trinajstić information content (AvgIpc) is 2.86. The number of carbonyl (C=O) groups is 2. The first-order valence-electron chi connectivity index (χ1n) is 11.6. The smallest absolute Gasteiger partial charge is 0.490 e. The molecule has 0 atom stereocenters. The molecule has 0 spiro atoms. The summed E-state index contributed by atoms with van der Waals surface area (Å²) in [5, 5.41) is 20.8. The third kappa shape index (κ3) is 6.33. The number of benzene rings is 3. The minimum atomic E-state index is -4.11. The summed E-state index contributed by atoms with van der Waals surface area (Å²) < 4.78 is 33.4. The second-order valence-corrected chi connectivity index (χ2v) is 11.2. The Bertz CT molecular complexity index is 1440. The van der Waals surface area contributed by atoms with Gasteiger partial charge in [-0.3, -0.25) is 19.7 Å². The van der Waals surface area contributed by atoms with E-state index in [-0.39, 0.29) is 21.6 Å². The van der Waals surface area contributed by atoms with Crippen molar-refractivity contribution in [3.8, 4) is 5.75 Å². The van der Waals surface area contributed by atoms with Crippen LogP contribution in [0.4, 0.5) is 5.69 Å². The molecule has 0 aromatic heterocycles. The third-order valence-corrected chi connectivity index (χ3v) is 7.09. The summed E-state index contributed by atoms with van der Waals surface area (Å²) in [4.78, 5) is 26.7. The van der Waals surface area contributed by atoms with Crippen LogP contribution in [-0.4, -0.2) is 55.1 Å². The van der Waals surface area contributed by atoms with Crippen LogP contribution in [0.1, 0.15) is 47.1 Å². The SMILES string of the molecule is COc1cccc(C(=O)NN(C(=O)c2ccc(B(O)O)c(NS(=O)(=O)c3ccccc3)c2)C(C)(C)C)c1C. The van der Waals surface area contributed by atoms with Crippen molar-refractivity contribution in [2.24, 2.45) is 0 Å². The molecular weight excluding hydrogens is 509 g/mol. The highest BCUT2D eigenvalue weighted by molar-refractivity contribution is 7.92. The van der Waals surface area contributed by atoms with Crippen LogP contribution in [0.15, 0.2) is 71.6 Å². The Morgan fingerprint density at radius 2 is 1.63 bits per heavy atom. The van der Waals surface area contributed by atoms with Crippen LogP contribution in [0, 0.1) is 6.92 Å². The Morgan fingerprint density at radius 1 is 0.974 bits per heavy atom. The van der Waals surface area contributed by atoms with Crippen LogP contribution in [0.25, 0.3) is 0 Å². The normalized spacial score (nSPS) is 11.4. The van der Waals surface area contributed by atoms with Gasteiger partial charge in [-0.05, 0) is 64.1 Å². The van der Waals surface area contributed by atoms with Gasteiger partial charge in [-0.1, -0.05) is 30.3 Å². The van der Waals surface area contributed by atoms with Crippen molar-refractivity contribution in [3.05, 3.63) is 83.4 Å². The summed E-state index contributed by atoms with van der Waals surface area (Å²) in [6, 6.07) is 16.2. The lowest BCUT2D eigenvalue weighted by atomic mass is 9.78. The molecule has 0 aliphatic heterocycles. The van der Waals surface area contributed by atoms with Crippen molar-refractivity contribution in [3.63, 3.8) is 0 Å². The lowest BCUT2D eigenvalue weighted by Crippen LogP contribution is -2.56. The first kappa shape index (κ1) is 28.7. The van der Waals surface area contributed by atoms with Gasteiger partial charge in [0.05, 0.1) is 17.5 Å². The maximum Gasteiger partial charge on any atom is 0.490 e. The second-order valence-electron chi connectivity index (χ2n) is 9.48. The van der Waals surface area contributed by atoms with Crippen molar-refractivity contribution in [2.45, 2.75) is 38.1 Å². The van der Waals surface area contributed by atoms with E-state index in [1.54, 1.807) is 64.1 Å². The standard InChI is InChI=1S/C26H30BN3O7S/c1-17-20(12-9-13-23(17)37-5)24(31)28-30(26(2,3)4)25(32)18-14-15-21(27(33)34)22(16-18)29-38(35,36)19-10-7-6-8-11-19/h6-16,29,33-34H,1-5H3,(H,28,31). The number of ether oxygens (including phenoxy) is 1. The van der Waals surface area contributed by atoms with Crippen LogP contribution < -0.4 is 20.3 Å². The van der Waals surface area contributed by atoms with Crippen LogP contribution in [0.3, 0.4) is 0 Å². The number of methoxy groups -OCH3 is 1.